The summed E-state index contributed by atoms with van der Waals surface area (Å²) in [6.07, 6.45) is 1.38. The van der Waals surface area contributed by atoms with Gasteiger partial charge in [-0.3, -0.25) is 9.59 Å². The number of amides is 2. The van der Waals surface area contributed by atoms with Crippen LogP contribution in [0.5, 0.6) is 5.75 Å². The molecule has 2 rings (SSSR count). The highest BCUT2D eigenvalue weighted by atomic mass is 33.1. The van der Waals surface area contributed by atoms with Gasteiger partial charge in [0.05, 0.1) is 32.5 Å². The van der Waals surface area contributed by atoms with Crippen LogP contribution >= 0.6 is 43.2 Å². The fraction of sp³-hybridized carbons (Fsp3) is 0.633. The van der Waals surface area contributed by atoms with Gasteiger partial charge < -0.3 is 45.2 Å². The highest BCUT2D eigenvalue weighted by Gasteiger charge is 2.37. The fourth-order valence-electron chi connectivity index (χ4n) is 3.76. The Bertz CT molecular complexity index is 1200. The monoisotopic (exact) mass is 727 g/mol. The first kappa shape index (κ1) is 41.4. The number of ether oxygens (including phenoxy) is 5. The molecule has 1 saturated heterocycles. The molecule has 259 valence electrons. The number of rotatable bonds is 21. The molecule has 1 aromatic carbocycles. The topological polar surface area (TPSA) is 174 Å². The van der Waals surface area contributed by atoms with Crippen molar-refractivity contribution in [3.63, 3.8) is 0 Å². The first-order valence-electron chi connectivity index (χ1n) is 14.9. The minimum absolute atomic E-state index is 0.000208. The fourth-order valence-corrected chi connectivity index (χ4v) is 7.15. The van der Waals surface area contributed by atoms with E-state index in [0.717, 1.165) is 0 Å². The van der Waals surface area contributed by atoms with Crippen LogP contribution in [-0.2, 0) is 23.7 Å². The van der Waals surface area contributed by atoms with Gasteiger partial charge in [-0.1, -0.05) is 65.1 Å². The summed E-state index contributed by atoms with van der Waals surface area (Å²) in [5.74, 6) is 5.73. The summed E-state index contributed by atoms with van der Waals surface area (Å²) in [6, 6.07) is 8.65. The second kappa shape index (κ2) is 23.6. The Morgan fingerprint density at radius 3 is 2.77 bits per heavy atom. The molecular weight excluding hydrogens is 683 g/mol. The SMILES string of the molecule is CSS[C@@H](C#N)O[C@@H]1C[C@H]([B]C#CCNC(=O)COCCOC(COc2cccc(C(=O)NCCN)c2)SSC(C)(C)C)OC1CO. The number of carbonyl (C=O) groups is 2. The molecule has 0 aliphatic carbocycles. The second-order valence-electron chi connectivity index (χ2n) is 10.8. The Morgan fingerprint density at radius 1 is 1.26 bits per heavy atom. The highest BCUT2D eigenvalue weighted by Crippen LogP contribution is 2.38. The number of nitrogens with two attached hydrogens (primary N) is 1. The van der Waals surface area contributed by atoms with E-state index in [-0.39, 0.29) is 67.6 Å². The quantitative estimate of drug-likeness (QED) is 0.0478. The zero-order chi connectivity index (χ0) is 34.5. The zero-order valence-corrected chi connectivity index (χ0v) is 30.4. The summed E-state index contributed by atoms with van der Waals surface area (Å²) in [5.41, 5.74) is 4.97. The maximum absolute atomic E-state index is 12.2. The molecule has 0 aromatic heterocycles. The summed E-state index contributed by atoms with van der Waals surface area (Å²) < 4.78 is 28.9. The lowest BCUT2D eigenvalue weighted by atomic mass is 9.71. The Labute approximate surface area is 294 Å². The van der Waals surface area contributed by atoms with Crippen LogP contribution in [0.15, 0.2) is 24.3 Å². The highest BCUT2D eigenvalue weighted by molar-refractivity contribution is 8.77. The van der Waals surface area contributed by atoms with Gasteiger partial charge in [0.2, 0.25) is 5.91 Å². The van der Waals surface area contributed by atoms with Crippen LogP contribution < -0.4 is 21.1 Å². The average Bonchev–Trinajstić information content (AvgIpc) is 3.44. The van der Waals surface area contributed by atoms with Crippen LogP contribution in [0.1, 0.15) is 37.6 Å². The first-order valence-corrected chi connectivity index (χ1v) is 19.8. The van der Waals surface area contributed by atoms with Crippen molar-refractivity contribution in [2.75, 3.05) is 58.9 Å². The number of nitrogens with one attached hydrogen (secondary N) is 2. The Balaban J connectivity index is 1.69. The van der Waals surface area contributed by atoms with Gasteiger partial charge in [0.15, 0.2) is 5.44 Å². The van der Waals surface area contributed by atoms with Gasteiger partial charge in [0.1, 0.15) is 36.6 Å². The molecule has 12 nitrogen and oxygen atoms in total. The number of carbonyl (C=O) groups excluding carboxylic acids is 2. The number of nitriles is 1. The molecule has 2 unspecified atom stereocenters. The van der Waals surface area contributed by atoms with Crippen molar-refractivity contribution in [1.82, 2.24) is 10.6 Å². The average molecular weight is 728 g/mol. The van der Waals surface area contributed by atoms with Gasteiger partial charge in [-0.2, -0.15) is 11.1 Å². The number of hydrogen-bond donors (Lipinski definition) is 4. The van der Waals surface area contributed by atoms with E-state index in [1.807, 2.05) is 6.26 Å². The molecule has 1 fully saturated rings. The molecule has 1 aliphatic heterocycles. The Morgan fingerprint density at radius 2 is 2.06 bits per heavy atom. The normalized spacial score (nSPS) is 18.7. The molecule has 0 bridgehead atoms. The van der Waals surface area contributed by atoms with Gasteiger partial charge in [-0.25, -0.2) is 0 Å². The molecule has 5 atom stereocenters. The molecule has 47 heavy (non-hydrogen) atoms. The molecular formula is C30H44BN4O8S4. The van der Waals surface area contributed by atoms with E-state index in [9.17, 15) is 20.0 Å². The van der Waals surface area contributed by atoms with Crippen LogP contribution in [0.4, 0.5) is 0 Å². The van der Waals surface area contributed by atoms with E-state index in [2.05, 4.69) is 49.2 Å². The number of benzene rings is 1. The van der Waals surface area contributed by atoms with Crippen molar-refractivity contribution in [3.05, 3.63) is 29.8 Å². The number of aliphatic hydroxyl groups excluding tert-OH is 1. The zero-order valence-electron chi connectivity index (χ0n) is 27.1. The first-order chi connectivity index (χ1) is 22.6. The van der Waals surface area contributed by atoms with Crippen molar-refractivity contribution >= 4 is 62.3 Å². The second-order valence-corrected chi connectivity index (χ2v) is 16.5. The van der Waals surface area contributed by atoms with Crippen molar-refractivity contribution in [2.45, 2.75) is 61.0 Å². The van der Waals surface area contributed by atoms with Gasteiger partial charge in [0, 0.05) is 29.4 Å². The van der Waals surface area contributed by atoms with Gasteiger partial charge in [0.25, 0.3) is 13.2 Å². The maximum atomic E-state index is 12.2. The number of aliphatic hydroxyl groups is 1. The van der Waals surface area contributed by atoms with Crippen LogP contribution in [0.3, 0.4) is 0 Å². The van der Waals surface area contributed by atoms with Crippen LogP contribution in [0.25, 0.3) is 0 Å². The minimum Gasteiger partial charge on any atom is -0.490 e. The van der Waals surface area contributed by atoms with Crippen molar-refractivity contribution in [1.29, 1.82) is 5.26 Å². The van der Waals surface area contributed by atoms with Crippen molar-refractivity contribution in [2.24, 2.45) is 5.73 Å². The predicted molar refractivity (Wildman–Crippen MR) is 191 cm³/mol. The lowest BCUT2D eigenvalue weighted by Gasteiger charge is -2.22. The maximum Gasteiger partial charge on any atom is 0.251 e. The van der Waals surface area contributed by atoms with E-state index >= 15 is 0 Å². The van der Waals surface area contributed by atoms with Crippen molar-refractivity contribution in [3.8, 4) is 23.6 Å². The molecule has 17 heteroatoms. The molecule has 5 N–H and O–H groups in total. The van der Waals surface area contributed by atoms with E-state index in [1.54, 1.807) is 53.1 Å². The molecule has 0 saturated carbocycles. The van der Waals surface area contributed by atoms with Crippen LogP contribution in [-0.4, -0.2) is 117 Å². The molecule has 1 aliphatic rings. The summed E-state index contributed by atoms with van der Waals surface area (Å²) in [4.78, 5) is 24.4. The van der Waals surface area contributed by atoms with E-state index in [0.29, 0.717) is 30.8 Å². The van der Waals surface area contributed by atoms with Gasteiger partial charge in [-0.15, -0.1) is 0 Å². The van der Waals surface area contributed by atoms with Gasteiger partial charge >= 0.3 is 0 Å². The summed E-state index contributed by atoms with van der Waals surface area (Å²) in [7, 11) is 7.60. The lowest BCUT2D eigenvalue weighted by Crippen LogP contribution is -2.30. The third-order valence-corrected chi connectivity index (χ3v) is 11.0. The Hall–Kier alpha value is -1.77. The minimum atomic E-state index is -0.652. The number of hydrogen-bond acceptors (Lipinski definition) is 14. The van der Waals surface area contributed by atoms with E-state index in [1.165, 1.54) is 21.6 Å². The predicted octanol–water partition coefficient (Wildman–Crippen LogP) is 2.43. The van der Waals surface area contributed by atoms with Gasteiger partial charge in [-0.05, 0) is 41.7 Å². The Kier molecular flexibility index (Phi) is 20.8. The van der Waals surface area contributed by atoms with Crippen molar-refractivity contribution < 1.29 is 38.4 Å². The molecule has 1 aromatic rings. The summed E-state index contributed by atoms with van der Waals surface area (Å²) >= 11 is 0. The third kappa shape index (κ3) is 18.0. The smallest absolute Gasteiger partial charge is 0.251 e. The van der Waals surface area contributed by atoms with E-state index in [4.69, 9.17) is 29.4 Å². The molecule has 1 heterocycles. The van der Waals surface area contributed by atoms with Crippen LogP contribution in [0.2, 0.25) is 0 Å². The summed E-state index contributed by atoms with van der Waals surface area (Å²) in [5, 5.41) is 24.2. The lowest BCUT2D eigenvalue weighted by molar-refractivity contribution is -0.126. The molecule has 2 amide bonds. The third-order valence-electron chi connectivity index (χ3n) is 5.82. The molecule has 1 radical (unpaired) electrons. The van der Waals surface area contributed by atoms with E-state index < -0.39 is 17.6 Å². The van der Waals surface area contributed by atoms with Crippen LogP contribution in [0, 0.1) is 23.1 Å². The molecule has 0 spiro atoms. The standard InChI is InChI=1S/C30H44BN4O8S4/c1-30(2,3)47-46-28(20-41-22-8-5-7-21(15-22)29(38)35-12-10-32)40-14-13-39-19-26(37)34-11-6-9-31-25-16-23(24(18-36)42-25)43-27(17-33)45-44-4/h5,7-8,15,23-25,27-28,36H,10-14,16,18-20,32H2,1-4H3,(H,34,37)(H,35,38)/t23-,24?,25-,27+,28?/m1/s1. The summed E-state index contributed by atoms with van der Waals surface area (Å²) in [6.45, 7) is 7.54. The largest absolute Gasteiger partial charge is 0.490 e. The number of nitrogens with zero attached hydrogens (tertiary/aromatic N) is 1.